The van der Waals surface area contributed by atoms with Crippen molar-refractivity contribution in [3.05, 3.63) is 46.4 Å². The quantitative estimate of drug-likeness (QED) is 0.565. The lowest BCUT2D eigenvalue weighted by atomic mass is 10.1. The molecule has 0 fully saturated rings. The smallest absolute Gasteiger partial charge is 0.197 e. The molecule has 1 aliphatic carbocycles. The molecule has 0 spiro atoms. The molecular formula is C11H8N2S. The average molecular weight is 200 g/mol. The summed E-state index contributed by atoms with van der Waals surface area (Å²) in [6, 6.07) is 8.37. The summed E-state index contributed by atoms with van der Waals surface area (Å²) in [5, 5.41) is 0. The van der Waals surface area contributed by atoms with Crippen molar-refractivity contribution < 1.29 is 0 Å². The molecule has 3 rings (SSSR count). The number of hydrogen-bond donors (Lipinski definition) is 1. The molecule has 2 nitrogen and oxygen atoms in total. The molecule has 1 heterocycles. The Labute approximate surface area is 86.6 Å². The zero-order chi connectivity index (χ0) is 9.54. The van der Waals surface area contributed by atoms with Gasteiger partial charge in [-0.1, -0.05) is 24.3 Å². The Morgan fingerprint density at radius 1 is 1.21 bits per heavy atom. The highest BCUT2D eigenvalue weighted by molar-refractivity contribution is 7.71. The van der Waals surface area contributed by atoms with Crippen LogP contribution in [-0.4, -0.2) is 9.97 Å². The molecule has 0 aliphatic heterocycles. The SMILES string of the molecule is S=c1ncc2c([nH]1)-c1ccccc1C2. The lowest BCUT2D eigenvalue weighted by Crippen LogP contribution is -1.87. The van der Waals surface area contributed by atoms with Gasteiger partial charge in [0.2, 0.25) is 0 Å². The fraction of sp³-hybridized carbons (Fsp3) is 0.0909. The van der Waals surface area contributed by atoms with Crippen LogP contribution in [0.15, 0.2) is 30.5 Å². The zero-order valence-corrected chi connectivity index (χ0v) is 8.27. The summed E-state index contributed by atoms with van der Waals surface area (Å²) >= 11 is 5.02. The Morgan fingerprint density at radius 2 is 2.07 bits per heavy atom. The van der Waals surface area contributed by atoms with E-state index in [9.17, 15) is 0 Å². The van der Waals surface area contributed by atoms with Gasteiger partial charge in [0.1, 0.15) is 0 Å². The van der Waals surface area contributed by atoms with Gasteiger partial charge in [0.25, 0.3) is 0 Å². The Bertz CT molecular complexity index is 557. The molecule has 0 saturated heterocycles. The van der Waals surface area contributed by atoms with E-state index in [4.69, 9.17) is 12.2 Å². The van der Waals surface area contributed by atoms with E-state index in [1.165, 1.54) is 16.7 Å². The first-order valence-electron chi connectivity index (χ1n) is 4.51. The van der Waals surface area contributed by atoms with E-state index in [2.05, 4.69) is 28.2 Å². The van der Waals surface area contributed by atoms with Crippen molar-refractivity contribution in [2.75, 3.05) is 0 Å². The number of nitrogens with one attached hydrogen (secondary N) is 1. The highest BCUT2D eigenvalue weighted by Crippen LogP contribution is 2.33. The number of benzene rings is 1. The van der Waals surface area contributed by atoms with E-state index in [0.29, 0.717) is 4.77 Å². The van der Waals surface area contributed by atoms with Gasteiger partial charge in [-0.2, -0.15) is 0 Å². The molecule has 0 radical (unpaired) electrons. The maximum atomic E-state index is 5.02. The van der Waals surface area contributed by atoms with E-state index < -0.39 is 0 Å². The second-order valence-electron chi connectivity index (χ2n) is 3.42. The first kappa shape index (κ1) is 7.88. The van der Waals surface area contributed by atoms with Crippen molar-refractivity contribution in [1.82, 2.24) is 9.97 Å². The van der Waals surface area contributed by atoms with Crippen molar-refractivity contribution >= 4 is 12.2 Å². The molecule has 1 N–H and O–H groups in total. The van der Waals surface area contributed by atoms with E-state index in [-0.39, 0.29) is 0 Å². The second-order valence-corrected chi connectivity index (χ2v) is 3.81. The van der Waals surface area contributed by atoms with Crippen LogP contribution in [0.2, 0.25) is 0 Å². The summed E-state index contributed by atoms with van der Waals surface area (Å²) < 4.78 is 0.556. The number of aromatic nitrogens is 2. The number of hydrogen-bond acceptors (Lipinski definition) is 2. The van der Waals surface area contributed by atoms with Crippen LogP contribution in [0.3, 0.4) is 0 Å². The van der Waals surface area contributed by atoms with Gasteiger partial charge in [-0.15, -0.1) is 0 Å². The van der Waals surface area contributed by atoms with Crippen molar-refractivity contribution in [2.45, 2.75) is 6.42 Å². The predicted molar refractivity (Wildman–Crippen MR) is 57.7 cm³/mol. The summed E-state index contributed by atoms with van der Waals surface area (Å²) in [5.74, 6) is 0. The van der Waals surface area contributed by atoms with Gasteiger partial charge < -0.3 is 4.98 Å². The molecule has 1 aliphatic rings. The van der Waals surface area contributed by atoms with Crippen molar-refractivity contribution in [2.24, 2.45) is 0 Å². The first-order valence-corrected chi connectivity index (χ1v) is 4.92. The van der Waals surface area contributed by atoms with Crippen LogP contribution in [0.1, 0.15) is 11.1 Å². The van der Waals surface area contributed by atoms with Crippen LogP contribution in [0, 0.1) is 4.77 Å². The molecule has 1 aromatic heterocycles. The zero-order valence-electron chi connectivity index (χ0n) is 7.45. The summed E-state index contributed by atoms with van der Waals surface area (Å²) in [6.45, 7) is 0. The highest BCUT2D eigenvalue weighted by atomic mass is 32.1. The molecule has 0 bridgehead atoms. The molecule has 0 atom stereocenters. The van der Waals surface area contributed by atoms with Gasteiger partial charge in [0.05, 0.1) is 5.69 Å². The van der Waals surface area contributed by atoms with Crippen molar-refractivity contribution in [3.8, 4) is 11.3 Å². The van der Waals surface area contributed by atoms with Gasteiger partial charge in [0.15, 0.2) is 4.77 Å². The molecule has 0 amide bonds. The lowest BCUT2D eigenvalue weighted by Gasteiger charge is -1.98. The molecule has 0 unspecified atom stereocenters. The minimum absolute atomic E-state index is 0.556. The van der Waals surface area contributed by atoms with Gasteiger partial charge in [0, 0.05) is 18.2 Å². The first-order chi connectivity index (χ1) is 6.84. The predicted octanol–water partition coefficient (Wildman–Crippen LogP) is 2.71. The molecular weight excluding hydrogens is 192 g/mol. The maximum absolute atomic E-state index is 5.02. The third-order valence-electron chi connectivity index (χ3n) is 2.56. The topological polar surface area (TPSA) is 28.7 Å². The summed E-state index contributed by atoms with van der Waals surface area (Å²) in [6.07, 6.45) is 2.83. The lowest BCUT2D eigenvalue weighted by molar-refractivity contribution is 1.10. The normalized spacial score (nSPS) is 12.3. The summed E-state index contributed by atoms with van der Waals surface area (Å²) in [5.41, 5.74) is 4.98. The van der Waals surface area contributed by atoms with Crippen LogP contribution in [0.5, 0.6) is 0 Å². The van der Waals surface area contributed by atoms with Crippen LogP contribution >= 0.6 is 12.2 Å². The largest absolute Gasteiger partial charge is 0.330 e. The molecule has 3 heteroatoms. The number of fused-ring (bicyclic) bond motifs is 3. The molecule has 14 heavy (non-hydrogen) atoms. The van der Waals surface area contributed by atoms with Gasteiger partial charge in [-0.05, 0) is 23.3 Å². The third-order valence-corrected chi connectivity index (χ3v) is 2.77. The van der Waals surface area contributed by atoms with Crippen molar-refractivity contribution in [3.63, 3.8) is 0 Å². The number of aromatic amines is 1. The Balaban J connectivity index is 2.35. The van der Waals surface area contributed by atoms with Gasteiger partial charge in [-0.25, -0.2) is 4.98 Å². The number of H-pyrrole nitrogens is 1. The molecule has 1 aromatic carbocycles. The maximum Gasteiger partial charge on any atom is 0.197 e. The number of rotatable bonds is 0. The molecule has 2 aromatic rings. The second kappa shape index (κ2) is 2.75. The van der Waals surface area contributed by atoms with Crippen LogP contribution < -0.4 is 0 Å². The van der Waals surface area contributed by atoms with E-state index in [1.807, 2.05) is 12.3 Å². The van der Waals surface area contributed by atoms with Crippen molar-refractivity contribution in [1.29, 1.82) is 0 Å². The number of nitrogens with zero attached hydrogens (tertiary/aromatic N) is 1. The Hall–Kier alpha value is -1.48. The minimum atomic E-state index is 0.556. The minimum Gasteiger partial charge on any atom is -0.330 e. The third kappa shape index (κ3) is 1.02. The average Bonchev–Trinajstić information content (AvgIpc) is 2.56. The standard InChI is InChI=1S/C11H8N2S/c14-11-12-6-8-5-7-3-1-2-4-9(7)10(8)13-11/h1-4,6H,5H2,(H,12,13,14). The van der Waals surface area contributed by atoms with Crippen LogP contribution in [0.4, 0.5) is 0 Å². The van der Waals surface area contributed by atoms with Gasteiger partial charge >= 0.3 is 0 Å². The molecule has 68 valence electrons. The van der Waals surface area contributed by atoms with Crippen LogP contribution in [-0.2, 0) is 6.42 Å². The van der Waals surface area contributed by atoms with E-state index in [0.717, 1.165) is 12.1 Å². The Morgan fingerprint density at radius 3 is 3.00 bits per heavy atom. The fourth-order valence-electron chi connectivity index (χ4n) is 1.92. The molecule has 0 saturated carbocycles. The monoisotopic (exact) mass is 200 g/mol. The van der Waals surface area contributed by atoms with Crippen LogP contribution in [0.25, 0.3) is 11.3 Å². The van der Waals surface area contributed by atoms with Gasteiger partial charge in [-0.3, -0.25) is 0 Å². The highest BCUT2D eigenvalue weighted by Gasteiger charge is 2.17. The summed E-state index contributed by atoms with van der Waals surface area (Å²) in [7, 11) is 0. The Kier molecular flexibility index (Phi) is 1.55. The van der Waals surface area contributed by atoms with E-state index in [1.54, 1.807) is 0 Å². The fourth-order valence-corrected chi connectivity index (χ4v) is 2.07. The summed E-state index contributed by atoms with van der Waals surface area (Å²) in [4.78, 5) is 7.24. The van der Waals surface area contributed by atoms with E-state index >= 15 is 0 Å².